The Hall–Kier alpha value is 0.186. The average Bonchev–Trinajstić information content (AvgIpc) is 1.88. The Kier molecular flexibility index (Phi) is 5.89. The fourth-order valence-corrected chi connectivity index (χ4v) is 0.611. The molecule has 0 aliphatic heterocycles. The SMILES string of the molecule is O=C(O)C[n+]1cccnc1.[H-].[K+]. The second-order valence-corrected chi connectivity index (χ2v) is 1.82. The first-order chi connectivity index (χ1) is 4.79. The third-order valence-electron chi connectivity index (χ3n) is 0.982. The van der Waals surface area contributed by atoms with Gasteiger partial charge in [0.25, 0.3) is 6.33 Å². The molecule has 0 aliphatic rings. The minimum Gasteiger partial charge on any atom is -1.00 e. The van der Waals surface area contributed by atoms with Crippen LogP contribution in [0.4, 0.5) is 0 Å². The standard InChI is InChI=1S/C6H6N2O2.K.H/c9-6(10)4-8-3-1-2-7-5-8;;/h1-3,5H,4H2;;/q;+1;-1/p+1. The summed E-state index contributed by atoms with van der Waals surface area (Å²) in [6.07, 6.45) is 4.72. The summed E-state index contributed by atoms with van der Waals surface area (Å²) in [6, 6.07) is 1.68. The predicted octanol–water partition coefficient (Wildman–Crippen LogP) is -3.43. The molecule has 0 amide bonds. The first-order valence-electron chi connectivity index (χ1n) is 2.80. The van der Waals surface area contributed by atoms with E-state index in [4.69, 9.17) is 5.11 Å². The molecule has 0 saturated carbocycles. The van der Waals surface area contributed by atoms with Crippen LogP contribution in [-0.4, -0.2) is 16.1 Å². The first kappa shape index (κ1) is 11.2. The van der Waals surface area contributed by atoms with Crippen LogP contribution in [0.25, 0.3) is 0 Å². The molecular formula is C6H8KN2O2+. The zero-order valence-electron chi connectivity index (χ0n) is 7.27. The molecule has 54 valence electrons. The second kappa shape index (κ2) is 5.79. The fourth-order valence-electron chi connectivity index (χ4n) is 0.611. The van der Waals surface area contributed by atoms with Crippen molar-refractivity contribution in [3.05, 3.63) is 24.8 Å². The largest absolute Gasteiger partial charge is 1.00 e. The van der Waals surface area contributed by atoms with Crippen LogP contribution in [0.3, 0.4) is 0 Å². The monoisotopic (exact) mass is 179 g/mol. The molecule has 1 N–H and O–H groups in total. The minimum absolute atomic E-state index is 0. The minimum atomic E-state index is -0.863. The van der Waals surface area contributed by atoms with Crippen molar-refractivity contribution in [2.45, 2.75) is 6.54 Å². The van der Waals surface area contributed by atoms with Gasteiger partial charge in [-0.25, -0.2) is 9.36 Å². The Balaban J connectivity index is 0. The van der Waals surface area contributed by atoms with Crippen molar-refractivity contribution < 1.29 is 67.3 Å². The number of rotatable bonds is 2. The molecule has 5 heteroatoms. The summed E-state index contributed by atoms with van der Waals surface area (Å²) in [5.41, 5.74) is 0. The van der Waals surface area contributed by atoms with Gasteiger partial charge in [0, 0.05) is 6.07 Å². The normalized spacial score (nSPS) is 8.36. The molecular weight excluding hydrogens is 171 g/mol. The van der Waals surface area contributed by atoms with Gasteiger partial charge in [0.1, 0.15) is 6.20 Å². The summed E-state index contributed by atoms with van der Waals surface area (Å²) in [7, 11) is 0. The molecule has 1 heterocycles. The van der Waals surface area contributed by atoms with Crippen LogP contribution in [0, 0.1) is 0 Å². The summed E-state index contributed by atoms with van der Waals surface area (Å²) in [4.78, 5) is 13.9. The molecule has 1 aromatic heterocycles. The topological polar surface area (TPSA) is 54.1 Å². The number of aliphatic carboxylic acids is 1. The number of hydrogen-bond acceptors (Lipinski definition) is 2. The van der Waals surface area contributed by atoms with Gasteiger partial charge in [-0.05, 0) is 0 Å². The molecule has 0 bridgehead atoms. The Morgan fingerprint density at radius 1 is 1.73 bits per heavy atom. The van der Waals surface area contributed by atoms with Gasteiger partial charge in [0.2, 0.25) is 0 Å². The average molecular weight is 179 g/mol. The van der Waals surface area contributed by atoms with Gasteiger partial charge in [0.05, 0.1) is 6.20 Å². The maximum absolute atomic E-state index is 10.1. The maximum Gasteiger partial charge on any atom is 1.00 e. The maximum atomic E-state index is 10.1. The van der Waals surface area contributed by atoms with Crippen LogP contribution < -0.4 is 56.0 Å². The Labute approximate surface area is 108 Å². The van der Waals surface area contributed by atoms with Gasteiger partial charge in [-0.1, -0.05) is 4.98 Å². The van der Waals surface area contributed by atoms with E-state index in [0.717, 1.165) is 0 Å². The molecule has 0 aromatic carbocycles. The van der Waals surface area contributed by atoms with E-state index in [-0.39, 0.29) is 59.4 Å². The van der Waals surface area contributed by atoms with E-state index in [2.05, 4.69) is 4.98 Å². The molecule has 11 heavy (non-hydrogen) atoms. The van der Waals surface area contributed by atoms with Crippen molar-refractivity contribution >= 4 is 5.97 Å². The quantitative estimate of drug-likeness (QED) is 0.380. The van der Waals surface area contributed by atoms with Crippen molar-refractivity contribution in [2.75, 3.05) is 0 Å². The van der Waals surface area contributed by atoms with Gasteiger partial charge in [0.15, 0.2) is 6.54 Å². The van der Waals surface area contributed by atoms with E-state index in [0.29, 0.717) is 0 Å². The zero-order chi connectivity index (χ0) is 7.40. The van der Waals surface area contributed by atoms with Gasteiger partial charge < -0.3 is 6.53 Å². The third-order valence-corrected chi connectivity index (χ3v) is 0.982. The summed E-state index contributed by atoms with van der Waals surface area (Å²) in [5, 5.41) is 8.32. The second-order valence-electron chi connectivity index (χ2n) is 1.82. The van der Waals surface area contributed by atoms with Crippen LogP contribution >= 0.6 is 0 Å². The van der Waals surface area contributed by atoms with Crippen LogP contribution in [0.5, 0.6) is 0 Å². The Morgan fingerprint density at radius 2 is 2.45 bits per heavy atom. The van der Waals surface area contributed by atoms with E-state index in [1.165, 1.54) is 10.9 Å². The first-order valence-corrected chi connectivity index (χ1v) is 2.80. The number of hydrogen-bond donors (Lipinski definition) is 1. The smallest absolute Gasteiger partial charge is 1.00 e. The molecule has 0 saturated heterocycles. The summed E-state index contributed by atoms with van der Waals surface area (Å²) in [5.74, 6) is -0.863. The van der Waals surface area contributed by atoms with Crippen molar-refractivity contribution in [1.29, 1.82) is 0 Å². The molecule has 0 spiro atoms. The zero-order valence-corrected chi connectivity index (χ0v) is 9.39. The summed E-state index contributed by atoms with van der Waals surface area (Å²) in [6.45, 7) is -0.0339. The van der Waals surface area contributed by atoms with Gasteiger partial charge in [-0.15, -0.1) is 0 Å². The molecule has 1 aromatic rings. The van der Waals surface area contributed by atoms with E-state index in [9.17, 15) is 4.79 Å². The van der Waals surface area contributed by atoms with E-state index >= 15 is 0 Å². The molecule has 0 fully saturated rings. The van der Waals surface area contributed by atoms with Crippen LogP contribution in [0.15, 0.2) is 24.8 Å². The van der Waals surface area contributed by atoms with Crippen LogP contribution in [0.2, 0.25) is 0 Å². The molecule has 0 radical (unpaired) electrons. The number of aromatic nitrogens is 2. The van der Waals surface area contributed by atoms with Gasteiger partial charge in [-0.3, -0.25) is 0 Å². The summed E-state index contributed by atoms with van der Waals surface area (Å²) < 4.78 is 1.49. The van der Waals surface area contributed by atoms with Crippen molar-refractivity contribution in [3.8, 4) is 0 Å². The number of nitrogens with zero attached hydrogens (tertiary/aromatic N) is 2. The molecule has 0 unspecified atom stereocenters. The third kappa shape index (κ3) is 4.60. The molecule has 0 aliphatic carbocycles. The molecule has 1 rings (SSSR count). The fraction of sp³-hybridized carbons (Fsp3) is 0.167. The number of carboxylic acid groups (broad SMARTS) is 1. The Morgan fingerprint density at radius 3 is 2.91 bits per heavy atom. The van der Waals surface area contributed by atoms with E-state index in [1.54, 1.807) is 18.5 Å². The van der Waals surface area contributed by atoms with E-state index in [1.807, 2.05) is 0 Å². The van der Waals surface area contributed by atoms with Gasteiger partial charge in [-0.2, -0.15) is 0 Å². The molecule has 4 nitrogen and oxygen atoms in total. The van der Waals surface area contributed by atoms with Crippen LogP contribution in [-0.2, 0) is 11.3 Å². The Bertz CT molecular complexity index is 232. The number of carboxylic acids is 1. The predicted molar refractivity (Wildman–Crippen MR) is 33.2 cm³/mol. The van der Waals surface area contributed by atoms with Crippen molar-refractivity contribution in [2.24, 2.45) is 0 Å². The molecule has 0 atom stereocenters. The summed E-state index contributed by atoms with van der Waals surface area (Å²) >= 11 is 0. The van der Waals surface area contributed by atoms with Crippen LogP contribution in [0.1, 0.15) is 1.43 Å². The van der Waals surface area contributed by atoms with Gasteiger partial charge >= 0.3 is 57.4 Å². The van der Waals surface area contributed by atoms with Crippen molar-refractivity contribution in [3.63, 3.8) is 0 Å². The van der Waals surface area contributed by atoms with E-state index < -0.39 is 5.97 Å². The number of carbonyl (C=O) groups is 1. The van der Waals surface area contributed by atoms with Crippen molar-refractivity contribution in [1.82, 2.24) is 4.98 Å².